The first-order valence-electron chi connectivity index (χ1n) is 8.42. The molecule has 0 aliphatic rings. The number of aryl methyl sites for hydroxylation is 1. The van der Waals surface area contributed by atoms with Gasteiger partial charge in [-0.25, -0.2) is 4.68 Å². The molecule has 1 amide bonds. The predicted octanol–water partition coefficient (Wildman–Crippen LogP) is 3.64. The fourth-order valence-electron chi connectivity index (χ4n) is 3.00. The summed E-state index contributed by atoms with van der Waals surface area (Å²) in [6.45, 7) is 0.433. The minimum Gasteiger partial charge on any atom is -0.481 e. The Hall–Kier alpha value is -3.19. The van der Waals surface area contributed by atoms with Gasteiger partial charge in [-0.15, -0.1) is 0 Å². The van der Waals surface area contributed by atoms with Gasteiger partial charge in [0.2, 0.25) is 5.88 Å². The van der Waals surface area contributed by atoms with Crippen molar-refractivity contribution in [3.8, 4) is 17.1 Å². The standard InChI is InChI=1S/C20H18N4O2S/c1-24-20(26-2)16-4-3-14(10-18(16)23-24)19(25)22-11-13-5-7-21-17(9-13)15-6-8-27-12-15/h3-10,12H,11H2,1-2H3,(H,22,25). The Morgan fingerprint density at radius 3 is 2.93 bits per heavy atom. The van der Waals surface area contributed by atoms with Gasteiger partial charge < -0.3 is 10.1 Å². The van der Waals surface area contributed by atoms with Crippen molar-refractivity contribution in [2.45, 2.75) is 6.54 Å². The number of ether oxygens (including phenoxy) is 1. The molecule has 0 saturated carbocycles. The van der Waals surface area contributed by atoms with Crippen LogP contribution in [0.15, 0.2) is 53.4 Å². The van der Waals surface area contributed by atoms with E-state index in [1.165, 1.54) is 0 Å². The molecular weight excluding hydrogens is 360 g/mol. The monoisotopic (exact) mass is 378 g/mol. The summed E-state index contributed by atoms with van der Waals surface area (Å²) in [5, 5.41) is 12.3. The first-order valence-corrected chi connectivity index (χ1v) is 9.36. The number of carbonyl (C=O) groups excluding carboxylic acids is 1. The van der Waals surface area contributed by atoms with Gasteiger partial charge >= 0.3 is 0 Å². The van der Waals surface area contributed by atoms with Gasteiger partial charge in [-0.05, 0) is 47.3 Å². The van der Waals surface area contributed by atoms with Crippen LogP contribution in [-0.4, -0.2) is 27.8 Å². The van der Waals surface area contributed by atoms with Crippen LogP contribution < -0.4 is 10.1 Å². The molecule has 0 unspecified atom stereocenters. The van der Waals surface area contributed by atoms with Crippen LogP contribution in [0.2, 0.25) is 0 Å². The maximum atomic E-state index is 12.5. The molecule has 0 fully saturated rings. The lowest BCUT2D eigenvalue weighted by atomic mass is 10.1. The summed E-state index contributed by atoms with van der Waals surface area (Å²) >= 11 is 1.63. The number of hydrogen-bond acceptors (Lipinski definition) is 5. The first-order chi connectivity index (χ1) is 13.2. The normalized spacial score (nSPS) is 10.9. The van der Waals surface area contributed by atoms with Crippen molar-refractivity contribution in [3.63, 3.8) is 0 Å². The van der Waals surface area contributed by atoms with Gasteiger partial charge in [0, 0.05) is 36.3 Å². The molecule has 6 nitrogen and oxygen atoms in total. The summed E-state index contributed by atoms with van der Waals surface area (Å²) in [5.74, 6) is 0.533. The number of benzene rings is 1. The van der Waals surface area contributed by atoms with Gasteiger partial charge in [-0.2, -0.15) is 16.4 Å². The van der Waals surface area contributed by atoms with Crippen LogP contribution in [0.5, 0.6) is 5.88 Å². The minimum atomic E-state index is -0.143. The SMILES string of the molecule is COc1c2ccc(C(=O)NCc3ccnc(-c4ccsc4)c3)cc2nn1C. The lowest BCUT2D eigenvalue weighted by Crippen LogP contribution is -2.22. The summed E-state index contributed by atoms with van der Waals surface area (Å²) in [7, 11) is 3.42. The number of hydrogen-bond donors (Lipinski definition) is 1. The number of nitrogens with zero attached hydrogens (tertiary/aromatic N) is 3. The zero-order chi connectivity index (χ0) is 18.8. The zero-order valence-electron chi connectivity index (χ0n) is 15.0. The van der Waals surface area contributed by atoms with E-state index in [4.69, 9.17) is 4.74 Å². The molecule has 1 aromatic carbocycles. The fraction of sp³-hybridized carbons (Fsp3) is 0.150. The van der Waals surface area contributed by atoms with Crippen LogP contribution >= 0.6 is 11.3 Å². The zero-order valence-corrected chi connectivity index (χ0v) is 15.8. The Kier molecular flexibility index (Phi) is 4.60. The average molecular weight is 378 g/mol. The van der Waals surface area contributed by atoms with Crippen LogP contribution in [0, 0.1) is 0 Å². The number of pyridine rings is 1. The van der Waals surface area contributed by atoms with Crippen molar-refractivity contribution in [1.29, 1.82) is 0 Å². The molecule has 0 aliphatic carbocycles. The Bertz CT molecular complexity index is 1100. The van der Waals surface area contributed by atoms with Gasteiger partial charge in [0.15, 0.2) is 0 Å². The van der Waals surface area contributed by atoms with E-state index in [9.17, 15) is 4.79 Å². The number of thiophene rings is 1. The van der Waals surface area contributed by atoms with E-state index in [1.807, 2.05) is 36.7 Å². The highest BCUT2D eigenvalue weighted by Crippen LogP contribution is 2.25. The molecule has 0 bridgehead atoms. The third kappa shape index (κ3) is 3.41. The second kappa shape index (κ2) is 7.20. The van der Waals surface area contributed by atoms with E-state index in [0.29, 0.717) is 18.0 Å². The molecule has 27 heavy (non-hydrogen) atoms. The number of rotatable bonds is 5. The molecule has 3 aromatic heterocycles. The van der Waals surface area contributed by atoms with E-state index in [-0.39, 0.29) is 5.91 Å². The lowest BCUT2D eigenvalue weighted by molar-refractivity contribution is 0.0951. The largest absolute Gasteiger partial charge is 0.481 e. The molecule has 0 saturated heterocycles. The van der Waals surface area contributed by atoms with Gasteiger partial charge in [-0.1, -0.05) is 0 Å². The maximum Gasteiger partial charge on any atom is 0.251 e. The van der Waals surface area contributed by atoms with Crippen molar-refractivity contribution in [1.82, 2.24) is 20.1 Å². The topological polar surface area (TPSA) is 69.0 Å². The van der Waals surface area contributed by atoms with E-state index in [0.717, 1.165) is 27.7 Å². The van der Waals surface area contributed by atoms with Gasteiger partial charge in [-0.3, -0.25) is 9.78 Å². The molecular formula is C20H18N4O2S. The molecule has 7 heteroatoms. The van der Waals surface area contributed by atoms with Crippen molar-refractivity contribution >= 4 is 28.1 Å². The van der Waals surface area contributed by atoms with Crippen molar-refractivity contribution in [2.75, 3.05) is 7.11 Å². The summed E-state index contributed by atoms with van der Waals surface area (Å²) in [6, 6.07) is 11.3. The highest BCUT2D eigenvalue weighted by molar-refractivity contribution is 7.08. The molecule has 0 atom stereocenters. The number of amides is 1. The number of aromatic nitrogens is 3. The van der Waals surface area contributed by atoms with E-state index >= 15 is 0 Å². The maximum absolute atomic E-state index is 12.5. The van der Waals surface area contributed by atoms with Crippen LogP contribution in [0.3, 0.4) is 0 Å². The van der Waals surface area contributed by atoms with E-state index in [2.05, 4.69) is 20.8 Å². The van der Waals surface area contributed by atoms with Crippen molar-refractivity contribution in [3.05, 3.63) is 64.5 Å². The van der Waals surface area contributed by atoms with Crippen LogP contribution in [0.4, 0.5) is 0 Å². The number of fused-ring (bicyclic) bond motifs is 1. The number of nitrogens with one attached hydrogen (secondary N) is 1. The van der Waals surface area contributed by atoms with E-state index < -0.39 is 0 Å². The number of carbonyl (C=O) groups is 1. The van der Waals surface area contributed by atoms with Crippen LogP contribution in [0.25, 0.3) is 22.2 Å². The second-order valence-corrected chi connectivity index (χ2v) is 6.89. The van der Waals surface area contributed by atoms with Crippen LogP contribution in [0.1, 0.15) is 15.9 Å². The van der Waals surface area contributed by atoms with Crippen molar-refractivity contribution < 1.29 is 9.53 Å². The molecule has 4 rings (SSSR count). The Morgan fingerprint density at radius 2 is 2.15 bits per heavy atom. The Morgan fingerprint density at radius 1 is 1.26 bits per heavy atom. The van der Waals surface area contributed by atoms with Gasteiger partial charge in [0.25, 0.3) is 5.91 Å². The van der Waals surface area contributed by atoms with Crippen LogP contribution in [-0.2, 0) is 13.6 Å². The third-order valence-electron chi connectivity index (χ3n) is 4.33. The summed E-state index contributed by atoms with van der Waals surface area (Å²) in [5.41, 5.74) is 4.29. The van der Waals surface area contributed by atoms with Gasteiger partial charge in [0.1, 0.15) is 0 Å². The average Bonchev–Trinajstić information content (AvgIpc) is 3.32. The summed E-state index contributed by atoms with van der Waals surface area (Å²) in [4.78, 5) is 16.9. The van der Waals surface area contributed by atoms with E-state index in [1.54, 1.807) is 41.5 Å². The molecule has 3 heterocycles. The molecule has 136 valence electrons. The summed E-state index contributed by atoms with van der Waals surface area (Å²) in [6.07, 6.45) is 1.76. The molecule has 0 spiro atoms. The minimum absolute atomic E-state index is 0.143. The predicted molar refractivity (Wildman–Crippen MR) is 106 cm³/mol. The first kappa shape index (κ1) is 17.2. The quantitative estimate of drug-likeness (QED) is 0.576. The molecule has 1 N–H and O–H groups in total. The Labute approximate surface area is 160 Å². The van der Waals surface area contributed by atoms with Crippen molar-refractivity contribution in [2.24, 2.45) is 7.05 Å². The highest BCUT2D eigenvalue weighted by Gasteiger charge is 2.13. The highest BCUT2D eigenvalue weighted by atomic mass is 32.1. The molecule has 0 aliphatic heterocycles. The fourth-order valence-corrected chi connectivity index (χ4v) is 3.65. The third-order valence-corrected chi connectivity index (χ3v) is 5.01. The second-order valence-electron chi connectivity index (χ2n) is 6.11. The lowest BCUT2D eigenvalue weighted by Gasteiger charge is -2.07. The number of methoxy groups -OCH3 is 1. The Balaban J connectivity index is 1.50. The van der Waals surface area contributed by atoms with Gasteiger partial charge in [0.05, 0.1) is 23.7 Å². The molecule has 4 aromatic rings. The summed E-state index contributed by atoms with van der Waals surface area (Å²) < 4.78 is 7.00. The smallest absolute Gasteiger partial charge is 0.251 e. The molecule has 0 radical (unpaired) electrons.